The molecule has 0 spiro atoms. The highest BCUT2D eigenvalue weighted by Crippen LogP contribution is 2.15. The van der Waals surface area contributed by atoms with Gasteiger partial charge in [0.05, 0.1) is 17.0 Å². The van der Waals surface area contributed by atoms with E-state index in [0.29, 0.717) is 11.4 Å². The maximum atomic E-state index is 12.0. The number of hydrogen-bond donors (Lipinski definition) is 3. The molecule has 106 valence electrons. The van der Waals surface area contributed by atoms with Crippen molar-refractivity contribution in [3.05, 3.63) is 41.5 Å². The van der Waals surface area contributed by atoms with Crippen molar-refractivity contribution in [2.45, 2.75) is 18.4 Å². The lowest BCUT2D eigenvalue weighted by Gasteiger charge is -2.07. The summed E-state index contributed by atoms with van der Waals surface area (Å²) >= 11 is 0. The van der Waals surface area contributed by atoms with Crippen molar-refractivity contribution in [3.63, 3.8) is 0 Å². The number of hydrogen-bond acceptors (Lipinski definition) is 5. The Morgan fingerprint density at radius 3 is 2.80 bits per heavy atom. The number of rotatable bonds is 5. The summed E-state index contributed by atoms with van der Waals surface area (Å²) in [7, 11) is -3.81. The fraction of sp³-hybridized carbons (Fsp3) is 0.182. The molecular formula is C11H12N4O4S. The normalized spacial score (nSPS) is 11.4. The van der Waals surface area contributed by atoms with Crippen molar-refractivity contribution in [1.29, 1.82) is 0 Å². The van der Waals surface area contributed by atoms with Gasteiger partial charge in [-0.2, -0.15) is 5.10 Å². The molecule has 0 aliphatic rings. The van der Waals surface area contributed by atoms with Gasteiger partial charge in [0.15, 0.2) is 0 Å². The van der Waals surface area contributed by atoms with Crippen LogP contribution in [0.2, 0.25) is 0 Å². The minimum atomic E-state index is -3.81. The number of aromatic carboxylic acids is 1. The number of nitrogens with one attached hydrogen (secondary N) is 2. The minimum Gasteiger partial charge on any atom is -0.478 e. The van der Waals surface area contributed by atoms with E-state index in [-0.39, 0.29) is 17.0 Å². The van der Waals surface area contributed by atoms with Gasteiger partial charge in [-0.1, -0.05) is 6.07 Å². The number of aromatic nitrogens is 3. The Morgan fingerprint density at radius 2 is 2.20 bits per heavy atom. The molecule has 0 amide bonds. The van der Waals surface area contributed by atoms with Crippen LogP contribution in [0.3, 0.4) is 0 Å². The molecule has 1 aromatic heterocycles. The fourth-order valence-electron chi connectivity index (χ4n) is 1.56. The summed E-state index contributed by atoms with van der Waals surface area (Å²) in [5, 5.41) is 15.1. The summed E-state index contributed by atoms with van der Waals surface area (Å²) in [6.45, 7) is 1.54. The number of carbonyl (C=O) groups is 1. The predicted molar refractivity (Wildman–Crippen MR) is 68.5 cm³/mol. The van der Waals surface area contributed by atoms with E-state index in [0.717, 1.165) is 6.07 Å². The summed E-state index contributed by atoms with van der Waals surface area (Å²) in [5.41, 5.74) is 0.444. The lowest BCUT2D eigenvalue weighted by Crippen LogP contribution is -2.24. The van der Waals surface area contributed by atoms with Crippen molar-refractivity contribution in [2.24, 2.45) is 0 Å². The molecule has 2 rings (SSSR count). The first-order valence-corrected chi connectivity index (χ1v) is 7.06. The molecule has 1 aromatic carbocycles. The smallest absolute Gasteiger partial charge is 0.335 e. The zero-order valence-corrected chi connectivity index (χ0v) is 11.3. The number of aryl methyl sites for hydroxylation is 1. The first-order chi connectivity index (χ1) is 9.40. The summed E-state index contributed by atoms with van der Waals surface area (Å²) in [4.78, 5) is 14.7. The Balaban J connectivity index is 2.25. The van der Waals surface area contributed by atoms with Crippen LogP contribution in [-0.4, -0.2) is 34.7 Å². The molecule has 9 heteroatoms. The van der Waals surface area contributed by atoms with Crippen LogP contribution in [0.4, 0.5) is 0 Å². The van der Waals surface area contributed by atoms with Crippen LogP contribution in [0.15, 0.2) is 29.4 Å². The zero-order valence-electron chi connectivity index (χ0n) is 10.5. The Labute approximate surface area is 114 Å². The van der Waals surface area contributed by atoms with Gasteiger partial charge in [0.25, 0.3) is 0 Å². The monoisotopic (exact) mass is 296 g/mol. The van der Waals surface area contributed by atoms with E-state index in [1.54, 1.807) is 6.92 Å². The molecule has 0 saturated heterocycles. The molecule has 2 aromatic rings. The SMILES string of the molecule is Cc1ccc(S(=O)(=O)NCc2ncn[nH]2)cc1C(=O)O. The first-order valence-electron chi connectivity index (χ1n) is 5.58. The summed E-state index contributed by atoms with van der Waals surface area (Å²) in [6.07, 6.45) is 1.26. The number of carboxylic acids is 1. The van der Waals surface area contributed by atoms with E-state index in [1.807, 2.05) is 0 Å². The Bertz CT molecular complexity index is 725. The maximum absolute atomic E-state index is 12.0. The quantitative estimate of drug-likeness (QED) is 0.728. The topological polar surface area (TPSA) is 125 Å². The molecule has 0 bridgehead atoms. The van der Waals surface area contributed by atoms with Gasteiger partial charge in [-0.15, -0.1) is 0 Å². The molecular weight excluding hydrogens is 284 g/mol. The molecule has 0 unspecified atom stereocenters. The van der Waals surface area contributed by atoms with Crippen LogP contribution in [0.5, 0.6) is 0 Å². The Hall–Kier alpha value is -2.26. The van der Waals surface area contributed by atoms with Gasteiger partial charge in [0.1, 0.15) is 12.2 Å². The number of nitrogens with zero attached hydrogens (tertiary/aromatic N) is 2. The fourth-order valence-corrected chi connectivity index (χ4v) is 2.57. The van der Waals surface area contributed by atoms with Crippen LogP contribution < -0.4 is 4.72 Å². The lowest BCUT2D eigenvalue weighted by molar-refractivity contribution is 0.0696. The van der Waals surface area contributed by atoms with E-state index in [9.17, 15) is 13.2 Å². The first kappa shape index (κ1) is 14.2. The second-order valence-corrected chi connectivity index (χ2v) is 5.81. The molecule has 3 N–H and O–H groups in total. The predicted octanol–water partition coefficient (Wildman–Crippen LogP) is 0.290. The van der Waals surface area contributed by atoms with Gasteiger partial charge in [0.2, 0.25) is 10.0 Å². The molecule has 0 fully saturated rings. The number of carboxylic acid groups (broad SMARTS) is 1. The van der Waals surface area contributed by atoms with Gasteiger partial charge < -0.3 is 5.11 Å². The van der Waals surface area contributed by atoms with Crippen molar-refractivity contribution in [1.82, 2.24) is 19.9 Å². The average Bonchev–Trinajstić information content (AvgIpc) is 2.89. The van der Waals surface area contributed by atoms with Gasteiger partial charge in [-0.25, -0.2) is 22.9 Å². The average molecular weight is 296 g/mol. The number of benzene rings is 1. The van der Waals surface area contributed by atoms with Crippen molar-refractivity contribution < 1.29 is 18.3 Å². The highest BCUT2D eigenvalue weighted by atomic mass is 32.2. The zero-order chi connectivity index (χ0) is 14.8. The highest BCUT2D eigenvalue weighted by Gasteiger charge is 2.17. The van der Waals surface area contributed by atoms with E-state index < -0.39 is 16.0 Å². The summed E-state index contributed by atoms with van der Waals surface area (Å²) < 4.78 is 26.4. The second kappa shape index (κ2) is 5.39. The Morgan fingerprint density at radius 1 is 1.45 bits per heavy atom. The van der Waals surface area contributed by atoms with Crippen molar-refractivity contribution in [2.75, 3.05) is 0 Å². The molecule has 1 heterocycles. The van der Waals surface area contributed by atoms with Crippen molar-refractivity contribution in [3.8, 4) is 0 Å². The standard InChI is InChI=1S/C11H12N4O4S/c1-7-2-3-8(4-9(7)11(16)17)20(18,19)14-5-10-12-6-13-15-10/h2-4,6,14H,5H2,1H3,(H,16,17)(H,12,13,15). The van der Waals surface area contributed by atoms with Crippen LogP contribution >= 0.6 is 0 Å². The highest BCUT2D eigenvalue weighted by molar-refractivity contribution is 7.89. The summed E-state index contributed by atoms with van der Waals surface area (Å²) in [6, 6.07) is 3.93. The largest absolute Gasteiger partial charge is 0.478 e. The molecule has 0 atom stereocenters. The van der Waals surface area contributed by atoms with Gasteiger partial charge in [0, 0.05) is 0 Å². The van der Waals surface area contributed by atoms with Crippen LogP contribution in [0.25, 0.3) is 0 Å². The van der Waals surface area contributed by atoms with Gasteiger partial charge >= 0.3 is 5.97 Å². The van der Waals surface area contributed by atoms with E-state index in [4.69, 9.17) is 5.11 Å². The second-order valence-electron chi connectivity index (χ2n) is 4.04. The summed E-state index contributed by atoms with van der Waals surface area (Å²) in [5.74, 6) is -0.811. The molecule has 0 saturated carbocycles. The third-order valence-electron chi connectivity index (χ3n) is 2.64. The van der Waals surface area contributed by atoms with Crippen LogP contribution in [-0.2, 0) is 16.6 Å². The van der Waals surface area contributed by atoms with E-state index in [2.05, 4.69) is 19.9 Å². The maximum Gasteiger partial charge on any atom is 0.335 e. The van der Waals surface area contributed by atoms with Gasteiger partial charge in [-0.05, 0) is 24.6 Å². The van der Waals surface area contributed by atoms with Gasteiger partial charge in [-0.3, -0.25) is 5.10 Å². The Kier molecular flexibility index (Phi) is 3.81. The lowest BCUT2D eigenvalue weighted by atomic mass is 10.1. The van der Waals surface area contributed by atoms with E-state index in [1.165, 1.54) is 18.5 Å². The molecule has 0 aliphatic carbocycles. The number of sulfonamides is 1. The van der Waals surface area contributed by atoms with Crippen molar-refractivity contribution >= 4 is 16.0 Å². The third kappa shape index (κ3) is 3.00. The number of H-pyrrole nitrogens is 1. The van der Waals surface area contributed by atoms with Crippen LogP contribution in [0, 0.1) is 6.92 Å². The van der Waals surface area contributed by atoms with E-state index >= 15 is 0 Å². The molecule has 20 heavy (non-hydrogen) atoms. The minimum absolute atomic E-state index is 0.0486. The molecule has 0 radical (unpaired) electrons. The molecule has 8 nitrogen and oxygen atoms in total. The van der Waals surface area contributed by atoms with Crippen LogP contribution in [0.1, 0.15) is 21.7 Å². The third-order valence-corrected chi connectivity index (χ3v) is 4.04. The number of aromatic amines is 1. The molecule has 0 aliphatic heterocycles.